The maximum atomic E-state index is 11.9. The fourth-order valence-corrected chi connectivity index (χ4v) is 5.23. The molecule has 11 nitrogen and oxygen atoms in total. The van der Waals surface area contributed by atoms with Gasteiger partial charge in [0, 0.05) is 30.5 Å². The number of thioether (sulfide) groups is 1. The number of carbonyl (C=O) groups excluding carboxylic acids is 2. The molecular formula is C22H42N4O7S. The zero-order valence-electron chi connectivity index (χ0n) is 20.1. The molecule has 2 aliphatic heterocycles. The van der Waals surface area contributed by atoms with Crippen LogP contribution in [0.4, 0.5) is 4.79 Å². The Hall–Kier alpha value is -1.15. The van der Waals surface area contributed by atoms with Crippen molar-refractivity contribution in [2.75, 3.05) is 84.9 Å². The van der Waals surface area contributed by atoms with Crippen LogP contribution in [0, 0.1) is 0 Å². The second-order valence-corrected chi connectivity index (χ2v) is 9.34. The number of fused-ring (bicyclic) bond motifs is 1. The van der Waals surface area contributed by atoms with Gasteiger partial charge in [-0.25, -0.2) is 4.79 Å². The van der Waals surface area contributed by atoms with E-state index in [0.29, 0.717) is 90.8 Å². The van der Waals surface area contributed by atoms with Crippen molar-refractivity contribution >= 4 is 23.7 Å². The molecule has 3 amide bonds. The Morgan fingerprint density at radius 2 is 1.47 bits per heavy atom. The highest BCUT2D eigenvalue weighted by Gasteiger charge is 2.42. The number of rotatable bonds is 22. The molecule has 0 spiro atoms. The van der Waals surface area contributed by atoms with E-state index in [1.54, 1.807) is 0 Å². The van der Waals surface area contributed by atoms with Crippen molar-refractivity contribution in [2.24, 2.45) is 5.73 Å². The summed E-state index contributed by atoms with van der Waals surface area (Å²) >= 11 is 1.91. The molecule has 0 aromatic rings. The van der Waals surface area contributed by atoms with E-state index >= 15 is 0 Å². The van der Waals surface area contributed by atoms with Gasteiger partial charge in [-0.1, -0.05) is 6.42 Å². The first-order valence-corrected chi connectivity index (χ1v) is 13.3. The third-order valence-corrected chi connectivity index (χ3v) is 6.91. The van der Waals surface area contributed by atoms with Gasteiger partial charge in [0.05, 0.1) is 78.2 Å². The van der Waals surface area contributed by atoms with Gasteiger partial charge >= 0.3 is 6.03 Å². The zero-order valence-corrected chi connectivity index (χ0v) is 20.9. The van der Waals surface area contributed by atoms with Gasteiger partial charge in [0.2, 0.25) is 5.91 Å². The topological polar surface area (TPSA) is 142 Å². The normalized spacial score (nSPS) is 21.3. The number of nitrogens with one attached hydrogen (secondary N) is 3. The van der Waals surface area contributed by atoms with Gasteiger partial charge in [-0.2, -0.15) is 11.8 Å². The van der Waals surface area contributed by atoms with Gasteiger partial charge in [0.25, 0.3) is 0 Å². The molecule has 2 saturated heterocycles. The van der Waals surface area contributed by atoms with E-state index in [-0.39, 0.29) is 24.0 Å². The smallest absolute Gasteiger partial charge is 0.315 e. The Bertz CT molecular complexity index is 561. The summed E-state index contributed by atoms with van der Waals surface area (Å²) in [5.41, 5.74) is 5.32. The second-order valence-electron chi connectivity index (χ2n) is 8.07. The molecule has 3 atom stereocenters. The van der Waals surface area contributed by atoms with E-state index in [1.807, 2.05) is 11.8 Å². The quantitative estimate of drug-likeness (QED) is 0.117. The first-order valence-electron chi connectivity index (χ1n) is 12.2. The van der Waals surface area contributed by atoms with E-state index in [2.05, 4.69) is 16.0 Å². The SMILES string of the molecule is NCCOCCOCCOCCOCCOCCNC(=O)CCCC[C@@H]1SC[C@@H]2NC(=O)N[C@@H]21. The van der Waals surface area contributed by atoms with Crippen LogP contribution < -0.4 is 21.7 Å². The van der Waals surface area contributed by atoms with Gasteiger partial charge in [-0.3, -0.25) is 4.79 Å². The van der Waals surface area contributed by atoms with Crippen LogP contribution >= 0.6 is 11.8 Å². The summed E-state index contributed by atoms with van der Waals surface area (Å²) in [7, 11) is 0. The molecule has 0 bridgehead atoms. The minimum absolute atomic E-state index is 0.0526. The van der Waals surface area contributed by atoms with Crippen LogP contribution in [0.2, 0.25) is 0 Å². The van der Waals surface area contributed by atoms with Crippen LogP contribution in [-0.2, 0) is 28.5 Å². The van der Waals surface area contributed by atoms with Crippen molar-refractivity contribution in [3.8, 4) is 0 Å². The first-order chi connectivity index (χ1) is 16.7. The molecule has 34 heavy (non-hydrogen) atoms. The Morgan fingerprint density at radius 1 is 0.882 bits per heavy atom. The lowest BCUT2D eigenvalue weighted by Gasteiger charge is -2.16. The van der Waals surface area contributed by atoms with Crippen LogP contribution in [-0.4, -0.2) is 114 Å². The largest absolute Gasteiger partial charge is 0.378 e. The van der Waals surface area contributed by atoms with Gasteiger partial charge < -0.3 is 45.4 Å². The number of carbonyl (C=O) groups is 2. The molecule has 2 rings (SSSR count). The molecule has 2 fully saturated rings. The molecule has 0 unspecified atom stereocenters. The lowest BCUT2D eigenvalue weighted by atomic mass is 10.0. The Morgan fingerprint density at radius 3 is 2.09 bits per heavy atom. The average molecular weight is 507 g/mol. The van der Waals surface area contributed by atoms with E-state index < -0.39 is 0 Å². The van der Waals surface area contributed by atoms with Crippen molar-refractivity contribution in [1.82, 2.24) is 16.0 Å². The zero-order chi connectivity index (χ0) is 24.3. The molecule has 0 saturated carbocycles. The highest BCUT2D eigenvalue weighted by atomic mass is 32.2. The maximum Gasteiger partial charge on any atom is 0.315 e. The van der Waals surface area contributed by atoms with Crippen molar-refractivity contribution in [1.29, 1.82) is 0 Å². The molecule has 0 aliphatic carbocycles. The summed E-state index contributed by atoms with van der Waals surface area (Å²) in [6.07, 6.45) is 3.38. The predicted molar refractivity (Wildman–Crippen MR) is 130 cm³/mol. The van der Waals surface area contributed by atoms with E-state index in [4.69, 9.17) is 29.4 Å². The molecule has 0 aromatic heterocycles. The van der Waals surface area contributed by atoms with E-state index in [1.165, 1.54) is 0 Å². The molecule has 198 valence electrons. The van der Waals surface area contributed by atoms with Crippen LogP contribution in [0.3, 0.4) is 0 Å². The maximum absolute atomic E-state index is 11.9. The Kier molecular flexibility index (Phi) is 16.3. The highest BCUT2D eigenvalue weighted by molar-refractivity contribution is 8.00. The monoisotopic (exact) mass is 506 g/mol. The molecule has 0 aromatic carbocycles. The Labute approximate surface area is 206 Å². The van der Waals surface area contributed by atoms with Gasteiger partial charge in [0.1, 0.15) is 0 Å². The van der Waals surface area contributed by atoms with Crippen molar-refractivity contribution in [3.05, 3.63) is 0 Å². The molecule has 2 heterocycles. The number of urea groups is 1. The molecular weight excluding hydrogens is 464 g/mol. The van der Waals surface area contributed by atoms with Crippen molar-refractivity contribution in [2.45, 2.75) is 43.0 Å². The number of hydrogen-bond donors (Lipinski definition) is 4. The minimum atomic E-state index is -0.0547. The van der Waals surface area contributed by atoms with Crippen LogP contribution in [0.1, 0.15) is 25.7 Å². The summed E-state index contributed by atoms with van der Waals surface area (Å²) in [6, 6.07) is 0.436. The lowest BCUT2D eigenvalue weighted by molar-refractivity contribution is -0.121. The fourth-order valence-electron chi connectivity index (χ4n) is 3.69. The van der Waals surface area contributed by atoms with Crippen LogP contribution in [0.5, 0.6) is 0 Å². The third-order valence-electron chi connectivity index (χ3n) is 5.40. The summed E-state index contributed by atoms with van der Waals surface area (Å²) in [4.78, 5) is 23.3. The summed E-state index contributed by atoms with van der Waals surface area (Å²) in [5.74, 6) is 1.02. The Balaban J connectivity index is 1.26. The first kappa shape index (κ1) is 29.1. The summed E-state index contributed by atoms with van der Waals surface area (Å²) in [5, 5.41) is 9.27. The van der Waals surface area contributed by atoms with Gasteiger partial charge in [-0.05, 0) is 12.8 Å². The molecule has 12 heteroatoms. The van der Waals surface area contributed by atoms with Crippen LogP contribution in [0.15, 0.2) is 0 Å². The number of nitrogens with two attached hydrogens (primary N) is 1. The standard InChI is InChI=1S/C22H42N4O7S/c23-5-7-29-9-11-31-13-15-33-16-14-32-12-10-30-8-6-24-20(27)4-2-1-3-19-21-18(17-34-19)25-22(28)26-21/h18-19,21H,1-17,23H2,(H,24,27)(H2,25,26,28)/t18-,19-,21-/m0/s1. The van der Waals surface area contributed by atoms with Crippen LogP contribution in [0.25, 0.3) is 0 Å². The minimum Gasteiger partial charge on any atom is -0.378 e. The molecule has 2 aliphatic rings. The summed E-state index contributed by atoms with van der Waals surface area (Å²) < 4.78 is 26.8. The average Bonchev–Trinajstić information content (AvgIpc) is 3.38. The summed E-state index contributed by atoms with van der Waals surface area (Å²) in [6.45, 7) is 6.16. The van der Waals surface area contributed by atoms with Gasteiger partial charge in [0.15, 0.2) is 0 Å². The second kappa shape index (κ2) is 19.1. The molecule has 0 radical (unpaired) electrons. The fraction of sp³-hybridized carbons (Fsp3) is 0.909. The van der Waals surface area contributed by atoms with Crippen molar-refractivity contribution in [3.63, 3.8) is 0 Å². The highest BCUT2D eigenvalue weighted by Crippen LogP contribution is 2.33. The predicted octanol–water partition coefficient (Wildman–Crippen LogP) is -0.130. The number of unbranched alkanes of at least 4 members (excludes halogenated alkanes) is 1. The number of ether oxygens (including phenoxy) is 5. The lowest BCUT2D eigenvalue weighted by Crippen LogP contribution is -2.36. The van der Waals surface area contributed by atoms with E-state index in [0.717, 1.165) is 25.0 Å². The molecule has 5 N–H and O–H groups in total. The number of amides is 3. The van der Waals surface area contributed by atoms with E-state index in [9.17, 15) is 9.59 Å². The number of hydrogen-bond acceptors (Lipinski definition) is 9. The van der Waals surface area contributed by atoms with Gasteiger partial charge in [-0.15, -0.1) is 0 Å². The van der Waals surface area contributed by atoms with Crippen molar-refractivity contribution < 1.29 is 33.3 Å². The third kappa shape index (κ3) is 13.1.